The normalized spacial score (nSPS) is 21.8. The minimum absolute atomic E-state index is 0.0326. The molecule has 136 valence electrons. The molecule has 1 aliphatic rings. The van der Waals surface area contributed by atoms with Crippen molar-refractivity contribution in [2.24, 2.45) is 11.3 Å². The summed E-state index contributed by atoms with van der Waals surface area (Å²) < 4.78 is 5.47. The molecule has 0 spiro atoms. The van der Waals surface area contributed by atoms with E-state index >= 15 is 0 Å². The van der Waals surface area contributed by atoms with Crippen molar-refractivity contribution in [3.05, 3.63) is 0 Å². The average Bonchev–Trinajstić information content (AvgIpc) is 2.50. The fourth-order valence-electron chi connectivity index (χ4n) is 2.78. The number of hydrogen-bond donors (Lipinski definition) is 2. The summed E-state index contributed by atoms with van der Waals surface area (Å²) in [5, 5.41) is 12.9. The molecule has 1 amide bonds. The van der Waals surface area contributed by atoms with E-state index in [-0.39, 0.29) is 18.1 Å². The maximum Gasteiger partial charge on any atom is 0.410 e. The second-order valence-electron chi connectivity index (χ2n) is 8.22. The minimum Gasteiger partial charge on any atom is -0.444 e. The first-order valence-corrected chi connectivity index (χ1v) is 8.98. The molecule has 0 aromatic rings. The Kier molecular flexibility index (Phi) is 7.81. The maximum atomic E-state index is 12.2. The topological polar surface area (TPSA) is 61.8 Å². The van der Waals surface area contributed by atoms with Crippen LogP contribution in [0.5, 0.6) is 0 Å². The first kappa shape index (κ1) is 20.2. The maximum absolute atomic E-state index is 12.2. The van der Waals surface area contributed by atoms with E-state index in [1.807, 2.05) is 25.7 Å². The Morgan fingerprint density at radius 3 is 2.61 bits per heavy atom. The smallest absolute Gasteiger partial charge is 0.410 e. The van der Waals surface area contributed by atoms with Crippen LogP contribution < -0.4 is 5.32 Å². The van der Waals surface area contributed by atoms with E-state index in [2.05, 4.69) is 19.2 Å². The lowest BCUT2D eigenvalue weighted by Gasteiger charge is -2.34. The molecule has 2 unspecified atom stereocenters. The number of aliphatic hydroxyl groups is 1. The highest BCUT2D eigenvalue weighted by Crippen LogP contribution is 2.22. The second-order valence-corrected chi connectivity index (χ2v) is 8.22. The summed E-state index contributed by atoms with van der Waals surface area (Å²) in [6.45, 7) is 13.5. The van der Waals surface area contributed by atoms with Crippen LogP contribution in [0.1, 0.15) is 60.3 Å². The molecule has 2 atom stereocenters. The van der Waals surface area contributed by atoms with Crippen molar-refractivity contribution in [2.45, 2.75) is 65.9 Å². The molecule has 1 saturated heterocycles. The molecule has 0 aromatic carbocycles. The van der Waals surface area contributed by atoms with Gasteiger partial charge >= 0.3 is 6.09 Å². The third-order valence-electron chi connectivity index (χ3n) is 4.69. The van der Waals surface area contributed by atoms with Crippen LogP contribution in [0.25, 0.3) is 0 Å². The summed E-state index contributed by atoms with van der Waals surface area (Å²) in [7, 11) is 0. The Bertz CT molecular complexity index is 362. The predicted molar refractivity (Wildman–Crippen MR) is 93.5 cm³/mol. The van der Waals surface area contributed by atoms with Crippen molar-refractivity contribution in [2.75, 3.05) is 32.8 Å². The number of aliphatic hydroxyl groups excluding tert-OH is 1. The van der Waals surface area contributed by atoms with Crippen molar-refractivity contribution in [3.8, 4) is 0 Å². The zero-order chi connectivity index (χ0) is 17.5. The number of carbonyl (C=O) groups excluding carboxylic acids is 1. The van der Waals surface area contributed by atoms with Gasteiger partial charge < -0.3 is 20.1 Å². The van der Waals surface area contributed by atoms with Crippen molar-refractivity contribution in [1.29, 1.82) is 0 Å². The predicted octanol–water partition coefficient (Wildman–Crippen LogP) is 3.02. The van der Waals surface area contributed by atoms with Gasteiger partial charge in [0.25, 0.3) is 0 Å². The van der Waals surface area contributed by atoms with Crippen LogP contribution in [-0.4, -0.2) is 54.5 Å². The fraction of sp³-hybridized carbons (Fsp3) is 0.944. The molecule has 0 aliphatic carbocycles. The first-order valence-electron chi connectivity index (χ1n) is 8.98. The molecule has 1 heterocycles. The fourth-order valence-corrected chi connectivity index (χ4v) is 2.78. The van der Waals surface area contributed by atoms with Crippen LogP contribution >= 0.6 is 0 Å². The number of likely N-dealkylation sites (tertiary alicyclic amines) is 1. The van der Waals surface area contributed by atoms with Gasteiger partial charge in [-0.3, -0.25) is 0 Å². The Morgan fingerprint density at radius 2 is 2.04 bits per heavy atom. The van der Waals surface area contributed by atoms with E-state index < -0.39 is 5.60 Å². The number of ether oxygens (including phenoxy) is 1. The second kappa shape index (κ2) is 8.88. The van der Waals surface area contributed by atoms with Gasteiger partial charge in [-0.15, -0.1) is 0 Å². The van der Waals surface area contributed by atoms with Crippen LogP contribution in [-0.2, 0) is 4.74 Å². The summed E-state index contributed by atoms with van der Waals surface area (Å²) in [5.74, 6) is 0.533. The molecule has 0 saturated carbocycles. The quantitative estimate of drug-likeness (QED) is 0.705. The number of piperidine rings is 1. The van der Waals surface area contributed by atoms with Crippen LogP contribution in [0.3, 0.4) is 0 Å². The molecule has 0 aromatic heterocycles. The monoisotopic (exact) mass is 328 g/mol. The van der Waals surface area contributed by atoms with E-state index in [9.17, 15) is 9.90 Å². The molecule has 2 N–H and O–H groups in total. The lowest BCUT2D eigenvalue weighted by atomic mass is 9.88. The lowest BCUT2D eigenvalue weighted by Crippen LogP contribution is -2.43. The average molecular weight is 328 g/mol. The number of nitrogens with zero attached hydrogens (tertiary/aromatic N) is 1. The highest BCUT2D eigenvalue weighted by molar-refractivity contribution is 5.68. The summed E-state index contributed by atoms with van der Waals surface area (Å²) >= 11 is 0. The molecule has 1 aliphatic heterocycles. The molecule has 1 rings (SSSR count). The van der Waals surface area contributed by atoms with Gasteiger partial charge in [0, 0.05) is 31.7 Å². The van der Waals surface area contributed by atoms with Crippen LogP contribution in [0.15, 0.2) is 0 Å². The zero-order valence-electron chi connectivity index (χ0n) is 15.7. The highest BCUT2D eigenvalue weighted by atomic mass is 16.6. The van der Waals surface area contributed by atoms with Crippen molar-refractivity contribution < 1.29 is 14.6 Å². The van der Waals surface area contributed by atoms with Crippen LogP contribution in [0, 0.1) is 11.3 Å². The third-order valence-corrected chi connectivity index (χ3v) is 4.69. The number of amides is 1. The highest BCUT2D eigenvalue weighted by Gasteiger charge is 2.27. The van der Waals surface area contributed by atoms with Gasteiger partial charge in [0.2, 0.25) is 0 Å². The van der Waals surface area contributed by atoms with Gasteiger partial charge in [0.05, 0.1) is 0 Å². The van der Waals surface area contributed by atoms with Crippen molar-refractivity contribution >= 4 is 6.09 Å². The molecule has 5 nitrogen and oxygen atoms in total. The Labute approximate surface area is 141 Å². The van der Waals surface area contributed by atoms with E-state index in [1.54, 1.807) is 0 Å². The Hall–Kier alpha value is -0.810. The van der Waals surface area contributed by atoms with Crippen LogP contribution in [0.2, 0.25) is 0 Å². The standard InChI is InChI=1S/C18H36N2O3/c1-6-18(5,14-21)13-19-10-9-15-8-7-11-20(12-15)16(22)23-17(2,3)4/h15,19,21H,6-14H2,1-5H3. The molecular weight excluding hydrogens is 292 g/mol. The third kappa shape index (κ3) is 7.53. The van der Waals surface area contributed by atoms with Gasteiger partial charge in [-0.2, -0.15) is 0 Å². The number of rotatable bonds is 7. The van der Waals surface area contributed by atoms with Gasteiger partial charge in [-0.05, 0) is 58.9 Å². The number of nitrogens with one attached hydrogen (secondary N) is 1. The number of carbonyl (C=O) groups is 1. The Morgan fingerprint density at radius 1 is 1.35 bits per heavy atom. The summed E-state index contributed by atoms with van der Waals surface area (Å²) in [4.78, 5) is 14.0. The van der Waals surface area contributed by atoms with E-state index in [4.69, 9.17) is 4.74 Å². The summed E-state index contributed by atoms with van der Waals surface area (Å²) in [6, 6.07) is 0. The minimum atomic E-state index is -0.430. The van der Waals surface area contributed by atoms with Gasteiger partial charge in [-0.1, -0.05) is 13.8 Å². The van der Waals surface area contributed by atoms with Crippen molar-refractivity contribution in [1.82, 2.24) is 10.2 Å². The molecular formula is C18H36N2O3. The first-order chi connectivity index (χ1) is 10.7. The van der Waals surface area contributed by atoms with Gasteiger partial charge in [-0.25, -0.2) is 4.79 Å². The molecule has 0 radical (unpaired) electrons. The number of hydrogen-bond acceptors (Lipinski definition) is 4. The van der Waals surface area contributed by atoms with E-state index in [1.165, 1.54) is 6.42 Å². The van der Waals surface area contributed by atoms with Gasteiger partial charge in [0.15, 0.2) is 0 Å². The molecule has 0 bridgehead atoms. The SMILES string of the molecule is CCC(C)(CO)CNCCC1CCCN(C(=O)OC(C)(C)C)C1. The zero-order valence-corrected chi connectivity index (χ0v) is 15.7. The Balaban J connectivity index is 2.32. The molecule has 5 heteroatoms. The van der Waals surface area contributed by atoms with Crippen LogP contribution in [0.4, 0.5) is 4.79 Å². The summed E-state index contributed by atoms with van der Waals surface area (Å²) in [6.07, 6.45) is 4.06. The van der Waals surface area contributed by atoms with Crippen molar-refractivity contribution in [3.63, 3.8) is 0 Å². The van der Waals surface area contributed by atoms with Gasteiger partial charge in [0.1, 0.15) is 5.60 Å². The molecule has 23 heavy (non-hydrogen) atoms. The molecule has 1 fully saturated rings. The largest absolute Gasteiger partial charge is 0.444 e. The summed E-state index contributed by atoms with van der Waals surface area (Å²) in [5.41, 5.74) is -0.463. The van der Waals surface area contributed by atoms with E-state index in [0.29, 0.717) is 5.92 Å². The van der Waals surface area contributed by atoms with E-state index in [0.717, 1.165) is 45.4 Å². The lowest BCUT2D eigenvalue weighted by molar-refractivity contribution is 0.0161.